The number of hydrogen-bond acceptors (Lipinski definition) is 3. The molecule has 2 rings (SSSR count). The van der Waals surface area contributed by atoms with Crippen molar-refractivity contribution in [1.29, 1.82) is 0 Å². The highest BCUT2D eigenvalue weighted by atomic mass is 16.5. The Labute approximate surface area is 137 Å². The van der Waals surface area contributed by atoms with Crippen LogP contribution in [-0.2, 0) is 4.74 Å². The molecule has 0 aliphatic heterocycles. The lowest BCUT2D eigenvalue weighted by molar-refractivity contribution is 0.0526. The van der Waals surface area contributed by atoms with Crippen molar-refractivity contribution in [3.8, 4) is 16.9 Å². The molecule has 2 aromatic carbocycles. The van der Waals surface area contributed by atoms with Gasteiger partial charge >= 0.3 is 5.97 Å². The second-order valence-electron chi connectivity index (χ2n) is 5.10. The summed E-state index contributed by atoms with van der Waals surface area (Å²) in [6, 6.07) is 15.4. The third-order valence-electron chi connectivity index (χ3n) is 3.40. The van der Waals surface area contributed by atoms with Gasteiger partial charge in [0.1, 0.15) is 5.75 Å². The first-order valence-electron chi connectivity index (χ1n) is 7.86. The van der Waals surface area contributed by atoms with Crippen LogP contribution in [0.5, 0.6) is 5.75 Å². The van der Waals surface area contributed by atoms with Crippen LogP contribution in [0.3, 0.4) is 0 Å². The minimum Gasteiger partial charge on any atom is -0.494 e. The van der Waals surface area contributed by atoms with Crippen molar-refractivity contribution < 1.29 is 14.3 Å². The molecule has 0 saturated heterocycles. The van der Waals surface area contributed by atoms with Crippen LogP contribution in [0.15, 0.2) is 61.2 Å². The highest BCUT2D eigenvalue weighted by Gasteiger charge is 2.06. The van der Waals surface area contributed by atoms with E-state index in [9.17, 15) is 4.79 Å². The SMILES string of the molecule is C=CCCCOc1ccc(-c2ccc(C(=O)OCC)cc2)cc1. The molecule has 3 heteroatoms. The third kappa shape index (κ3) is 4.99. The van der Waals surface area contributed by atoms with Crippen molar-refractivity contribution in [2.75, 3.05) is 13.2 Å². The van der Waals surface area contributed by atoms with Gasteiger partial charge in [-0.15, -0.1) is 6.58 Å². The minimum absolute atomic E-state index is 0.290. The fourth-order valence-corrected chi connectivity index (χ4v) is 2.17. The molecule has 3 nitrogen and oxygen atoms in total. The lowest BCUT2D eigenvalue weighted by Gasteiger charge is -2.07. The molecule has 0 spiro atoms. The van der Waals surface area contributed by atoms with E-state index in [-0.39, 0.29) is 5.97 Å². The van der Waals surface area contributed by atoms with Crippen LogP contribution in [0.25, 0.3) is 11.1 Å². The second-order valence-corrected chi connectivity index (χ2v) is 5.10. The molecule has 0 atom stereocenters. The summed E-state index contributed by atoms with van der Waals surface area (Å²) in [5.74, 6) is 0.572. The molecule has 0 bridgehead atoms. The topological polar surface area (TPSA) is 35.5 Å². The predicted octanol–water partition coefficient (Wildman–Crippen LogP) is 4.88. The van der Waals surface area contributed by atoms with Gasteiger partial charge in [-0.3, -0.25) is 0 Å². The van der Waals surface area contributed by atoms with E-state index in [0.29, 0.717) is 18.8 Å². The monoisotopic (exact) mass is 310 g/mol. The molecular weight excluding hydrogens is 288 g/mol. The molecule has 0 radical (unpaired) electrons. The predicted molar refractivity (Wildman–Crippen MR) is 92.8 cm³/mol. The van der Waals surface area contributed by atoms with Gasteiger partial charge in [0.25, 0.3) is 0 Å². The van der Waals surface area contributed by atoms with Gasteiger partial charge in [0, 0.05) is 0 Å². The van der Waals surface area contributed by atoms with E-state index < -0.39 is 0 Å². The van der Waals surface area contributed by atoms with E-state index in [4.69, 9.17) is 9.47 Å². The molecule has 0 saturated carbocycles. The molecule has 0 aliphatic rings. The van der Waals surface area contributed by atoms with Gasteiger partial charge in [-0.25, -0.2) is 4.79 Å². The van der Waals surface area contributed by atoms with Crippen molar-refractivity contribution in [3.63, 3.8) is 0 Å². The van der Waals surface area contributed by atoms with E-state index in [1.54, 1.807) is 19.1 Å². The Kier molecular flexibility index (Phi) is 6.42. The first-order chi connectivity index (χ1) is 11.2. The quantitative estimate of drug-likeness (QED) is 0.396. The summed E-state index contributed by atoms with van der Waals surface area (Å²) in [5, 5.41) is 0. The van der Waals surface area contributed by atoms with Crippen molar-refractivity contribution >= 4 is 5.97 Å². The summed E-state index contributed by atoms with van der Waals surface area (Å²) in [4.78, 5) is 11.6. The van der Waals surface area contributed by atoms with Gasteiger partial charge < -0.3 is 9.47 Å². The first-order valence-corrected chi connectivity index (χ1v) is 7.86. The Balaban J connectivity index is 1.99. The van der Waals surface area contributed by atoms with Gasteiger partial charge in [0.15, 0.2) is 0 Å². The number of carbonyl (C=O) groups excluding carboxylic acids is 1. The van der Waals surface area contributed by atoms with Gasteiger partial charge in [-0.05, 0) is 55.2 Å². The molecule has 0 heterocycles. The van der Waals surface area contributed by atoms with Crippen LogP contribution in [0, 0.1) is 0 Å². The lowest BCUT2D eigenvalue weighted by Crippen LogP contribution is -2.03. The first kappa shape index (κ1) is 16.8. The number of unbranched alkanes of at least 4 members (excludes halogenated alkanes) is 1. The van der Waals surface area contributed by atoms with Crippen LogP contribution in [0.2, 0.25) is 0 Å². The van der Waals surface area contributed by atoms with Crippen molar-refractivity contribution in [2.45, 2.75) is 19.8 Å². The number of hydrogen-bond donors (Lipinski definition) is 0. The Bertz CT molecular complexity index is 627. The maximum atomic E-state index is 11.6. The highest BCUT2D eigenvalue weighted by molar-refractivity contribution is 5.90. The van der Waals surface area contributed by atoms with E-state index in [2.05, 4.69) is 6.58 Å². The number of rotatable bonds is 8. The maximum absolute atomic E-state index is 11.6. The number of allylic oxidation sites excluding steroid dienone is 1. The summed E-state index contributed by atoms with van der Waals surface area (Å²) >= 11 is 0. The molecule has 0 aliphatic carbocycles. The fourth-order valence-electron chi connectivity index (χ4n) is 2.17. The Morgan fingerprint density at radius 1 is 1.04 bits per heavy atom. The molecule has 0 fully saturated rings. The van der Waals surface area contributed by atoms with Crippen molar-refractivity contribution in [2.24, 2.45) is 0 Å². The molecule has 2 aromatic rings. The normalized spacial score (nSPS) is 10.1. The second kappa shape index (κ2) is 8.79. The van der Waals surface area contributed by atoms with Crippen LogP contribution >= 0.6 is 0 Å². The molecule has 0 amide bonds. The van der Waals surface area contributed by atoms with Crippen LogP contribution in [0.4, 0.5) is 0 Å². The zero-order valence-electron chi connectivity index (χ0n) is 13.5. The molecule has 120 valence electrons. The summed E-state index contributed by atoms with van der Waals surface area (Å²) in [7, 11) is 0. The van der Waals surface area contributed by atoms with E-state index in [1.165, 1.54) is 0 Å². The van der Waals surface area contributed by atoms with Crippen molar-refractivity contribution in [1.82, 2.24) is 0 Å². The maximum Gasteiger partial charge on any atom is 0.338 e. The number of ether oxygens (including phenoxy) is 2. The number of carbonyl (C=O) groups is 1. The van der Waals surface area contributed by atoms with Gasteiger partial charge in [0.05, 0.1) is 18.8 Å². The number of benzene rings is 2. The van der Waals surface area contributed by atoms with Gasteiger partial charge in [-0.1, -0.05) is 30.3 Å². The molecule has 0 aromatic heterocycles. The molecular formula is C20H22O3. The van der Waals surface area contributed by atoms with E-state index in [1.807, 2.05) is 42.5 Å². The van der Waals surface area contributed by atoms with Gasteiger partial charge in [0.2, 0.25) is 0 Å². The summed E-state index contributed by atoms with van der Waals surface area (Å²) in [6.07, 6.45) is 3.83. The fraction of sp³-hybridized carbons (Fsp3) is 0.250. The lowest BCUT2D eigenvalue weighted by atomic mass is 10.0. The molecule has 0 unspecified atom stereocenters. The van der Waals surface area contributed by atoms with Crippen LogP contribution < -0.4 is 4.74 Å². The Morgan fingerprint density at radius 2 is 1.65 bits per heavy atom. The largest absolute Gasteiger partial charge is 0.494 e. The minimum atomic E-state index is -0.290. The summed E-state index contributed by atoms with van der Waals surface area (Å²) < 4.78 is 10.6. The Hall–Kier alpha value is -2.55. The third-order valence-corrected chi connectivity index (χ3v) is 3.40. The van der Waals surface area contributed by atoms with Crippen LogP contribution in [-0.4, -0.2) is 19.2 Å². The smallest absolute Gasteiger partial charge is 0.338 e. The van der Waals surface area contributed by atoms with Crippen LogP contribution in [0.1, 0.15) is 30.1 Å². The zero-order chi connectivity index (χ0) is 16.5. The molecule has 0 N–H and O–H groups in total. The Morgan fingerprint density at radius 3 is 2.22 bits per heavy atom. The average Bonchev–Trinajstić information content (AvgIpc) is 2.60. The van der Waals surface area contributed by atoms with Crippen molar-refractivity contribution in [3.05, 3.63) is 66.7 Å². The standard InChI is InChI=1S/C20H22O3/c1-3-5-6-15-23-19-13-11-17(12-14-19)16-7-9-18(10-8-16)20(21)22-4-2/h3,7-14H,1,4-6,15H2,2H3. The molecule has 23 heavy (non-hydrogen) atoms. The average molecular weight is 310 g/mol. The summed E-state index contributed by atoms with van der Waals surface area (Å²) in [6.45, 7) is 6.57. The number of esters is 1. The van der Waals surface area contributed by atoms with E-state index >= 15 is 0 Å². The summed E-state index contributed by atoms with van der Waals surface area (Å²) in [5.41, 5.74) is 2.70. The van der Waals surface area contributed by atoms with E-state index in [0.717, 1.165) is 29.7 Å². The van der Waals surface area contributed by atoms with Gasteiger partial charge in [-0.2, -0.15) is 0 Å². The highest BCUT2D eigenvalue weighted by Crippen LogP contribution is 2.23. The zero-order valence-corrected chi connectivity index (χ0v) is 13.5.